The summed E-state index contributed by atoms with van der Waals surface area (Å²) in [5.41, 5.74) is 1.01. The van der Waals surface area contributed by atoms with E-state index in [1.165, 1.54) is 0 Å². The van der Waals surface area contributed by atoms with E-state index in [0.717, 1.165) is 36.6 Å². The lowest BCUT2D eigenvalue weighted by molar-refractivity contribution is -0.189. The molecule has 2 heterocycles. The van der Waals surface area contributed by atoms with Crippen LogP contribution in [-0.2, 0) is 6.54 Å². The fourth-order valence-electron chi connectivity index (χ4n) is 3.56. The Hall–Kier alpha value is -0.790. The van der Waals surface area contributed by atoms with Gasteiger partial charge >= 0.3 is 12.3 Å². The average Bonchev–Trinajstić information content (AvgIpc) is 3.02. The van der Waals surface area contributed by atoms with Crippen molar-refractivity contribution in [1.29, 1.82) is 0 Å². The standard InChI is InChI=1S/C17H22F4N2S/c18-15(19)17(20,21)16(23-9-5-2-6-10-23)12-22(13-24-16)11-14-7-3-1-4-8-14/h1,3-4,7-8,15H,2,5-6,9-13H2. The predicted molar refractivity (Wildman–Crippen MR) is 88.4 cm³/mol. The topological polar surface area (TPSA) is 6.48 Å². The zero-order chi connectivity index (χ0) is 17.2. The van der Waals surface area contributed by atoms with Crippen LogP contribution in [0.1, 0.15) is 24.8 Å². The third-order valence-corrected chi connectivity index (χ3v) is 6.47. The van der Waals surface area contributed by atoms with Crippen LogP contribution in [0.25, 0.3) is 0 Å². The maximum absolute atomic E-state index is 14.6. The zero-order valence-corrected chi connectivity index (χ0v) is 14.3. The van der Waals surface area contributed by atoms with E-state index in [9.17, 15) is 17.6 Å². The summed E-state index contributed by atoms with van der Waals surface area (Å²) in [5.74, 6) is -3.69. The summed E-state index contributed by atoms with van der Waals surface area (Å²) in [4.78, 5) is 1.64. The van der Waals surface area contributed by atoms with Crippen molar-refractivity contribution >= 4 is 11.8 Å². The molecule has 0 radical (unpaired) electrons. The van der Waals surface area contributed by atoms with Crippen molar-refractivity contribution in [2.45, 2.75) is 43.0 Å². The van der Waals surface area contributed by atoms with Crippen LogP contribution in [0.3, 0.4) is 0 Å². The van der Waals surface area contributed by atoms with E-state index in [0.29, 0.717) is 25.5 Å². The molecule has 0 aliphatic carbocycles. The summed E-state index contributed by atoms with van der Waals surface area (Å²) in [6, 6.07) is 9.53. The van der Waals surface area contributed by atoms with E-state index in [2.05, 4.69) is 0 Å². The van der Waals surface area contributed by atoms with E-state index in [1.807, 2.05) is 35.2 Å². The third kappa shape index (κ3) is 3.30. The Labute approximate surface area is 144 Å². The number of hydrogen-bond donors (Lipinski definition) is 0. The molecule has 0 aromatic heterocycles. The van der Waals surface area contributed by atoms with Gasteiger partial charge in [-0.1, -0.05) is 36.8 Å². The van der Waals surface area contributed by atoms with Gasteiger partial charge in [-0.05, 0) is 31.5 Å². The van der Waals surface area contributed by atoms with Crippen LogP contribution in [-0.4, -0.2) is 52.5 Å². The highest BCUT2D eigenvalue weighted by atomic mass is 32.2. The quantitative estimate of drug-likeness (QED) is 0.722. The van der Waals surface area contributed by atoms with Gasteiger partial charge in [0.2, 0.25) is 0 Å². The number of rotatable bonds is 5. The van der Waals surface area contributed by atoms with Gasteiger partial charge in [0.05, 0.1) is 0 Å². The summed E-state index contributed by atoms with van der Waals surface area (Å²) in [6.07, 6.45) is -1.09. The van der Waals surface area contributed by atoms with E-state index >= 15 is 0 Å². The van der Waals surface area contributed by atoms with Crippen molar-refractivity contribution in [3.05, 3.63) is 35.9 Å². The van der Waals surface area contributed by atoms with Gasteiger partial charge in [0.15, 0.2) is 4.87 Å². The number of alkyl halides is 4. The van der Waals surface area contributed by atoms with Gasteiger partial charge in [-0.3, -0.25) is 9.80 Å². The van der Waals surface area contributed by atoms with Crippen LogP contribution in [0.4, 0.5) is 17.6 Å². The molecule has 0 saturated carbocycles. The van der Waals surface area contributed by atoms with Crippen molar-refractivity contribution in [2.24, 2.45) is 0 Å². The number of hydrogen-bond acceptors (Lipinski definition) is 3. The van der Waals surface area contributed by atoms with Crippen molar-refractivity contribution < 1.29 is 17.6 Å². The fraction of sp³-hybridized carbons (Fsp3) is 0.647. The van der Waals surface area contributed by atoms with Gasteiger partial charge in [-0.2, -0.15) is 8.78 Å². The molecule has 1 aromatic rings. The van der Waals surface area contributed by atoms with Crippen LogP contribution in [0.15, 0.2) is 30.3 Å². The minimum atomic E-state index is -4.03. The van der Waals surface area contributed by atoms with E-state index in [-0.39, 0.29) is 6.54 Å². The molecule has 7 heteroatoms. The summed E-state index contributed by atoms with van der Waals surface area (Å²) in [7, 11) is 0. The van der Waals surface area contributed by atoms with Gasteiger partial charge in [0.25, 0.3) is 0 Å². The summed E-state index contributed by atoms with van der Waals surface area (Å²) < 4.78 is 55.5. The highest BCUT2D eigenvalue weighted by Gasteiger charge is 2.65. The highest BCUT2D eigenvalue weighted by molar-refractivity contribution is 8.00. The molecule has 1 atom stereocenters. The molecule has 3 rings (SSSR count). The first-order valence-corrected chi connectivity index (χ1v) is 9.25. The Bertz CT molecular complexity index is 537. The normalized spacial score (nSPS) is 27.0. The lowest BCUT2D eigenvalue weighted by Gasteiger charge is -2.46. The summed E-state index contributed by atoms with van der Waals surface area (Å²) in [5, 5.41) is 0. The highest BCUT2D eigenvalue weighted by Crippen LogP contribution is 2.51. The molecular weight excluding hydrogens is 340 g/mol. The van der Waals surface area contributed by atoms with E-state index in [1.54, 1.807) is 4.90 Å². The molecule has 2 aliphatic heterocycles. The maximum atomic E-state index is 14.6. The zero-order valence-electron chi connectivity index (χ0n) is 13.4. The number of thioether (sulfide) groups is 1. The molecule has 1 aromatic carbocycles. The van der Waals surface area contributed by atoms with Gasteiger partial charge in [-0.15, -0.1) is 11.8 Å². The molecular formula is C17H22F4N2S. The van der Waals surface area contributed by atoms with E-state index < -0.39 is 17.2 Å². The van der Waals surface area contributed by atoms with Crippen molar-refractivity contribution in [3.63, 3.8) is 0 Å². The Morgan fingerprint density at radius 1 is 1.08 bits per heavy atom. The summed E-state index contributed by atoms with van der Waals surface area (Å²) >= 11 is 0.981. The van der Waals surface area contributed by atoms with Crippen molar-refractivity contribution in [1.82, 2.24) is 9.80 Å². The second-order valence-electron chi connectivity index (χ2n) is 6.50. The number of likely N-dealkylation sites (tertiary alicyclic amines) is 1. The maximum Gasteiger partial charge on any atom is 0.335 e. The lowest BCUT2D eigenvalue weighted by atomic mass is 10.0. The average molecular weight is 362 g/mol. The molecule has 2 nitrogen and oxygen atoms in total. The van der Waals surface area contributed by atoms with Crippen LogP contribution in [0.5, 0.6) is 0 Å². The molecule has 1 unspecified atom stereocenters. The molecule has 134 valence electrons. The second-order valence-corrected chi connectivity index (χ2v) is 7.72. The first-order valence-electron chi connectivity index (χ1n) is 8.27. The van der Waals surface area contributed by atoms with E-state index in [4.69, 9.17) is 0 Å². The smallest absolute Gasteiger partial charge is 0.287 e. The van der Waals surface area contributed by atoms with Crippen molar-refractivity contribution in [2.75, 3.05) is 25.5 Å². The monoisotopic (exact) mass is 362 g/mol. The van der Waals surface area contributed by atoms with Gasteiger partial charge in [0, 0.05) is 19.0 Å². The Kier molecular flexibility index (Phi) is 5.42. The van der Waals surface area contributed by atoms with Crippen LogP contribution >= 0.6 is 11.8 Å². The van der Waals surface area contributed by atoms with Gasteiger partial charge < -0.3 is 0 Å². The number of nitrogens with zero attached hydrogens (tertiary/aromatic N) is 2. The second kappa shape index (κ2) is 7.22. The number of halogens is 4. The molecule has 2 aliphatic rings. The number of piperidine rings is 1. The first kappa shape index (κ1) is 18.0. The molecule has 2 fully saturated rings. The molecule has 24 heavy (non-hydrogen) atoms. The van der Waals surface area contributed by atoms with Gasteiger partial charge in [0.1, 0.15) is 0 Å². The SMILES string of the molecule is FC(F)C(F)(F)C1(N2CCCCC2)CN(Cc2ccccc2)CS1. The minimum absolute atomic E-state index is 0.0378. The lowest BCUT2D eigenvalue weighted by Crippen LogP contribution is -2.63. The Morgan fingerprint density at radius 3 is 2.38 bits per heavy atom. The van der Waals surface area contributed by atoms with Crippen LogP contribution in [0, 0.1) is 0 Å². The largest absolute Gasteiger partial charge is 0.335 e. The molecule has 0 bridgehead atoms. The molecule has 0 N–H and O–H groups in total. The number of benzene rings is 1. The fourth-order valence-corrected chi connectivity index (χ4v) is 5.06. The Balaban J connectivity index is 1.81. The molecule has 0 amide bonds. The van der Waals surface area contributed by atoms with Gasteiger partial charge in [-0.25, -0.2) is 8.78 Å². The minimum Gasteiger partial charge on any atom is -0.287 e. The van der Waals surface area contributed by atoms with Crippen LogP contribution < -0.4 is 0 Å². The summed E-state index contributed by atoms with van der Waals surface area (Å²) in [6.45, 7) is 1.40. The molecule has 0 spiro atoms. The van der Waals surface area contributed by atoms with Crippen LogP contribution in [0.2, 0.25) is 0 Å². The molecule has 2 saturated heterocycles. The first-order chi connectivity index (χ1) is 11.5. The predicted octanol–water partition coefficient (Wildman–Crippen LogP) is 4.28. The van der Waals surface area contributed by atoms with Crippen molar-refractivity contribution in [3.8, 4) is 0 Å². The Morgan fingerprint density at radius 2 is 1.75 bits per heavy atom. The third-order valence-electron chi connectivity index (χ3n) is 4.83.